The first-order valence-corrected chi connectivity index (χ1v) is 13.7. The average molecular weight is 521 g/mol. The molecule has 0 atom stereocenters. The second kappa shape index (κ2) is 11.3. The third-order valence-electron chi connectivity index (χ3n) is 7.86. The molecule has 0 saturated heterocycles. The normalized spacial score (nSPS) is 26.6. The molecule has 0 unspecified atom stereocenters. The molecule has 4 aliphatic carbocycles. The second-order valence-electron chi connectivity index (χ2n) is 12.2. The molecule has 36 heavy (non-hydrogen) atoms. The summed E-state index contributed by atoms with van der Waals surface area (Å²) in [6.45, 7) is 7.01. The van der Waals surface area contributed by atoms with Crippen LogP contribution in [0.4, 0.5) is 4.79 Å². The molecular formula is C28H41ClN2O5. The minimum Gasteiger partial charge on any atom is -0.444 e. The number of amides is 2. The van der Waals surface area contributed by atoms with Crippen LogP contribution in [0.5, 0.6) is 0 Å². The Morgan fingerprint density at radius 2 is 1.75 bits per heavy atom. The number of aliphatic hydroxyl groups is 1. The van der Waals surface area contributed by atoms with Crippen LogP contribution in [0.15, 0.2) is 18.2 Å². The summed E-state index contributed by atoms with van der Waals surface area (Å²) in [5.74, 6) is 2.42. The molecule has 4 saturated carbocycles. The van der Waals surface area contributed by atoms with Gasteiger partial charge in [0.1, 0.15) is 5.60 Å². The van der Waals surface area contributed by atoms with E-state index in [-0.39, 0.29) is 37.7 Å². The van der Waals surface area contributed by atoms with Gasteiger partial charge in [0.25, 0.3) is 5.91 Å². The quantitative estimate of drug-likeness (QED) is 0.422. The summed E-state index contributed by atoms with van der Waals surface area (Å²) in [5, 5.41) is 12.9. The van der Waals surface area contributed by atoms with E-state index < -0.39 is 11.7 Å². The fourth-order valence-electron chi connectivity index (χ4n) is 6.81. The predicted molar refractivity (Wildman–Crippen MR) is 139 cm³/mol. The third-order valence-corrected chi connectivity index (χ3v) is 8.19. The molecule has 0 heterocycles. The van der Waals surface area contributed by atoms with Crippen LogP contribution in [0.25, 0.3) is 0 Å². The van der Waals surface area contributed by atoms with Crippen molar-refractivity contribution in [1.29, 1.82) is 0 Å². The molecule has 0 aromatic heterocycles. The van der Waals surface area contributed by atoms with Crippen molar-refractivity contribution in [3.05, 3.63) is 34.3 Å². The summed E-state index contributed by atoms with van der Waals surface area (Å²) in [6, 6.07) is 5.37. The van der Waals surface area contributed by atoms with E-state index in [0.717, 1.165) is 29.9 Å². The van der Waals surface area contributed by atoms with Gasteiger partial charge in [-0.25, -0.2) is 4.79 Å². The summed E-state index contributed by atoms with van der Waals surface area (Å²) in [4.78, 5) is 26.8. The molecule has 1 aromatic rings. The lowest BCUT2D eigenvalue weighted by Gasteiger charge is -2.56. The maximum absolute atomic E-state index is 13.1. The lowest BCUT2D eigenvalue weighted by molar-refractivity contribution is -0.0503. The molecule has 0 spiro atoms. The van der Waals surface area contributed by atoms with Crippen LogP contribution < -0.4 is 5.32 Å². The highest BCUT2D eigenvalue weighted by Crippen LogP contribution is 2.59. The summed E-state index contributed by atoms with van der Waals surface area (Å²) in [6.07, 6.45) is 7.42. The summed E-state index contributed by atoms with van der Waals surface area (Å²) in [5.41, 5.74) is 0.969. The van der Waals surface area contributed by atoms with E-state index >= 15 is 0 Å². The SMILES string of the molecule is CC(C)(C)OC(=O)N(CCO)CCOCc1ccc(Cl)c(C(=O)NCC23CC4CC(CC(C4)C2)C3)c1. The van der Waals surface area contributed by atoms with Crippen molar-refractivity contribution >= 4 is 23.6 Å². The van der Waals surface area contributed by atoms with E-state index in [4.69, 9.17) is 21.1 Å². The van der Waals surface area contributed by atoms with E-state index in [1.54, 1.807) is 32.9 Å². The highest BCUT2D eigenvalue weighted by molar-refractivity contribution is 6.33. The monoisotopic (exact) mass is 520 g/mol. The Morgan fingerprint density at radius 3 is 2.33 bits per heavy atom. The molecule has 5 rings (SSSR count). The Hall–Kier alpha value is -1.83. The van der Waals surface area contributed by atoms with Gasteiger partial charge in [-0.1, -0.05) is 17.7 Å². The number of halogens is 1. The standard InChI is InChI=1S/C28H41ClN2O5/c1-27(2,3)36-26(34)31(6-8-32)7-9-35-17-19-4-5-24(29)23(13-19)25(33)30-18-28-14-20-10-21(15-28)12-22(11-20)16-28/h4-5,13,20-22,32H,6-12,14-18H2,1-3H3,(H,30,33). The molecule has 7 nitrogen and oxygen atoms in total. The number of carbonyl (C=O) groups is 2. The molecule has 0 radical (unpaired) electrons. The van der Waals surface area contributed by atoms with Gasteiger partial charge in [-0.3, -0.25) is 4.79 Å². The molecule has 1 aromatic carbocycles. The van der Waals surface area contributed by atoms with E-state index in [0.29, 0.717) is 17.1 Å². The van der Waals surface area contributed by atoms with Crippen LogP contribution >= 0.6 is 11.6 Å². The number of ether oxygens (including phenoxy) is 2. The highest BCUT2D eigenvalue weighted by Gasteiger charge is 2.50. The molecular weight excluding hydrogens is 480 g/mol. The summed E-state index contributed by atoms with van der Waals surface area (Å²) in [7, 11) is 0. The van der Waals surface area contributed by atoms with Crippen molar-refractivity contribution in [3.63, 3.8) is 0 Å². The zero-order valence-corrected chi connectivity index (χ0v) is 22.6. The number of nitrogens with zero attached hydrogens (tertiary/aromatic N) is 1. The number of benzene rings is 1. The van der Waals surface area contributed by atoms with Gasteiger partial charge in [-0.05, 0) is 100 Å². The number of aliphatic hydroxyl groups excluding tert-OH is 1. The van der Waals surface area contributed by atoms with Crippen LogP contribution in [0, 0.1) is 23.2 Å². The van der Waals surface area contributed by atoms with Gasteiger partial charge < -0.3 is 24.8 Å². The molecule has 4 fully saturated rings. The maximum Gasteiger partial charge on any atom is 0.410 e. The Bertz CT molecular complexity index is 909. The maximum atomic E-state index is 13.1. The van der Waals surface area contributed by atoms with Gasteiger partial charge in [0.15, 0.2) is 0 Å². The zero-order chi connectivity index (χ0) is 25.9. The molecule has 200 valence electrons. The highest BCUT2D eigenvalue weighted by atomic mass is 35.5. The van der Waals surface area contributed by atoms with Gasteiger partial charge >= 0.3 is 6.09 Å². The Balaban J connectivity index is 1.27. The number of carbonyl (C=O) groups excluding carboxylic acids is 2. The van der Waals surface area contributed by atoms with Crippen LogP contribution in [0.3, 0.4) is 0 Å². The lowest BCUT2D eigenvalue weighted by Crippen LogP contribution is -2.51. The first-order chi connectivity index (χ1) is 17.1. The van der Waals surface area contributed by atoms with E-state index in [9.17, 15) is 14.7 Å². The van der Waals surface area contributed by atoms with E-state index in [1.807, 2.05) is 6.07 Å². The van der Waals surface area contributed by atoms with Gasteiger partial charge in [-0.15, -0.1) is 0 Å². The van der Waals surface area contributed by atoms with Gasteiger partial charge in [0, 0.05) is 19.6 Å². The smallest absolute Gasteiger partial charge is 0.410 e. The summed E-state index contributed by atoms with van der Waals surface area (Å²) >= 11 is 6.39. The fraction of sp³-hybridized carbons (Fsp3) is 0.714. The largest absolute Gasteiger partial charge is 0.444 e. The van der Waals surface area contributed by atoms with Crippen molar-refractivity contribution < 1.29 is 24.2 Å². The van der Waals surface area contributed by atoms with Crippen molar-refractivity contribution in [2.24, 2.45) is 23.2 Å². The predicted octanol–water partition coefficient (Wildman–Crippen LogP) is 5.03. The second-order valence-corrected chi connectivity index (χ2v) is 12.6. The van der Waals surface area contributed by atoms with Crippen molar-refractivity contribution in [3.8, 4) is 0 Å². The van der Waals surface area contributed by atoms with Crippen molar-refractivity contribution in [2.75, 3.05) is 32.8 Å². The number of hydrogen-bond donors (Lipinski definition) is 2. The minimum absolute atomic E-state index is 0.128. The average Bonchev–Trinajstić information content (AvgIpc) is 2.78. The van der Waals surface area contributed by atoms with Crippen molar-refractivity contribution in [2.45, 2.75) is 71.5 Å². The Kier molecular flexibility index (Phi) is 8.52. The van der Waals surface area contributed by atoms with Crippen molar-refractivity contribution in [1.82, 2.24) is 10.2 Å². The zero-order valence-electron chi connectivity index (χ0n) is 21.9. The lowest BCUT2D eigenvalue weighted by atomic mass is 9.49. The number of rotatable bonds is 10. The van der Waals surface area contributed by atoms with Gasteiger partial charge in [0.05, 0.1) is 30.4 Å². The van der Waals surface area contributed by atoms with Gasteiger partial charge in [0.2, 0.25) is 0 Å². The van der Waals surface area contributed by atoms with Crippen LogP contribution in [0.1, 0.15) is 75.2 Å². The molecule has 2 N–H and O–H groups in total. The topological polar surface area (TPSA) is 88.1 Å². The third kappa shape index (κ3) is 6.93. The van der Waals surface area contributed by atoms with Crippen LogP contribution in [-0.2, 0) is 16.1 Å². The molecule has 0 aliphatic heterocycles. The van der Waals surface area contributed by atoms with Crippen LogP contribution in [0.2, 0.25) is 5.02 Å². The Morgan fingerprint density at radius 1 is 1.11 bits per heavy atom. The van der Waals surface area contributed by atoms with E-state index in [1.165, 1.54) is 43.4 Å². The molecule has 2 amide bonds. The number of nitrogens with one attached hydrogen (secondary N) is 1. The number of hydrogen-bond acceptors (Lipinski definition) is 5. The Labute approximate surface area is 219 Å². The van der Waals surface area contributed by atoms with Crippen LogP contribution in [-0.4, -0.2) is 60.5 Å². The van der Waals surface area contributed by atoms with Gasteiger partial charge in [-0.2, -0.15) is 0 Å². The minimum atomic E-state index is -0.610. The molecule has 4 aliphatic rings. The fourth-order valence-corrected chi connectivity index (χ4v) is 7.02. The molecule has 8 heteroatoms. The molecule has 4 bridgehead atoms. The van der Waals surface area contributed by atoms with E-state index in [2.05, 4.69) is 5.32 Å². The first-order valence-electron chi connectivity index (χ1n) is 13.3. The first kappa shape index (κ1) is 27.2. The summed E-state index contributed by atoms with van der Waals surface area (Å²) < 4.78 is 11.2.